The van der Waals surface area contributed by atoms with E-state index in [0.29, 0.717) is 26.2 Å². The minimum Gasteiger partial charge on any atom is -0.480 e. The van der Waals surface area contributed by atoms with Crippen molar-refractivity contribution < 1.29 is 19.4 Å². The van der Waals surface area contributed by atoms with Crippen molar-refractivity contribution in [2.24, 2.45) is 5.92 Å². The monoisotopic (exact) mass is 227 g/mol. The van der Waals surface area contributed by atoms with Gasteiger partial charge in [-0.25, -0.2) is 4.79 Å². The van der Waals surface area contributed by atoms with Crippen LogP contribution in [0.1, 0.15) is 25.7 Å². The fraction of sp³-hybridized carbons (Fsp3) is 0.818. The molecule has 16 heavy (non-hydrogen) atoms. The second kappa shape index (κ2) is 4.82. The van der Waals surface area contributed by atoms with E-state index in [4.69, 9.17) is 9.84 Å². The first-order valence-electron chi connectivity index (χ1n) is 5.81. The highest BCUT2D eigenvalue weighted by Crippen LogP contribution is 2.23. The molecule has 2 fully saturated rings. The van der Waals surface area contributed by atoms with Crippen molar-refractivity contribution in [3.05, 3.63) is 0 Å². The van der Waals surface area contributed by atoms with Gasteiger partial charge >= 0.3 is 5.97 Å². The number of carboxylic acids is 1. The SMILES string of the molecule is O=C(O)[C@@H]1CCCN1C(=O)C1CCCOC1. The maximum atomic E-state index is 12.1. The van der Waals surface area contributed by atoms with Gasteiger partial charge in [0.1, 0.15) is 6.04 Å². The molecule has 1 N–H and O–H groups in total. The zero-order chi connectivity index (χ0) is 11.5. The number of hydrogen-bond donors (Lipinski definition) is 1. The first kappa shape index (κ1) is 11.4. The summed E-state index contributed by atoms with van der Waals surface area (Å²) in [7, 11) is 0. The van der Waals surface area contributed by atoms with Crippen LogP contribution >= 0.6 is 0 Å². The Labute approximate surface area is 94.4 Å². The van der Waals surface area contributed by atoms with Crippen LogP contribution in [-0.4, -0.2) is 47.7 Å². The summed E-state index contributed by atoms with van der Waals surface area (Å²) in [6, 6.07) is -0.616. The molecule has 5 heteroatoms. The quantitative estimate of drug-likeness (QED) is 0.745. The average molecular weight is 227 g/mol. The van der Waals surface area contributed by atoms with Crippen molar-refractivity contribution in [1.82, 2.24) is 4.90 Å². The Morgan fingerprint density at radius 2 is 2.06 bits per heavy atom. The van der Waals surface area contributed by atoms with E-state index in [1.165, 1.54) is 4.90 Å². The Morgan fingerprint density at radius 1 is 1.25 bits per heavy atom. The molecule has 0 saturated carbocycles. The molecule has 0 aromatic rings. The van der Waals surface area contributed by atoms with Crippen LogP contribution in [0, 0.1) is 5.92 Å². The largest absolute Gasteiger partial charge is 0.480 e. The van der Waals surface area contributed by atoms with Gasteiger partial charge in [-0.05, 0) is 25.7 Å². The summed E-state index contributed by atoms with van der Waals surface area (Å²) in [5.74, 6) is -1.05. The van der Waals surface area contributed by atoms with Gasteiger partial charge in [-0.3, -0.25) is 4.79 Å². The summed E-state index contributed by atoms with van der Waals surface area (Å²) < 4.78 is 5.26. The highest BCUT2D eigenvalue weighted by Gasteiger charge is 2.37. The van der Waals surface area contributed by atoms with Crippen LogP contribution in [0.15, 0.2) is 0 Å². The van der Waals surface area contributed by atoms with E-state index >= 15 is 0 Å². The molecule has 2 rings (SSSR count). The number of ether oxygens (including phenoxy) is 1. The minimum atomic E-state index is -0.887. The highest BCUT2D eigenvalue weighted by molar-refractivity contribution is 5.85. The molecule has 2 atom stereocenters. The first-order valence-corrected chi connectivity index (χ1v) is 5.81. The van der Waals surface area contributed by atoms with Crippen molar-refractivity contribution >= 4 is 11.9 Å². The van der Waals surface area contributed by atoms with Crippen LogP contribution < -0.4 is 0 Å². The fourth-order valence-electron chi connectivity index (χ4n) is 2.46. The van der Waals surface area contributed by atoms with Crippen LogP contribution in [0.25, 0.3) is 0 Å². The van der Waals surface area contributed by atoms with Gasteiger partial charge in [0.05, 0.1) is 12.5 Å². The van der Waals surface area contributed by atoms with Gasteiger partial charge < -0.3 is 14.7 Å². The molecule has 1 amide bonds. The van der Waals surface area contributed by atoms with Crippen LogP contribution in [-0.2, 0) is 14.3 Å². The summed E-state index contributed by atoms with van der Waals surface area (Å²) in [5, 5.41) is 9.01. The third kappa shape index (κ3) is 2.19. The van der Waals surface area contributed by atoms with Gasteiger partial charge in [0.25, 0.3) is 0 Å². The van der Waals surface area contributed by atoms with E-state index in [1.807, 2.05) is 0 Å². The molecule has 5 nitrogen and oxygen atoms in total. The van der Waals surface area contributed by atoms with E-state index in [9.17, 15) is 9.59 Å². The number of nitrogens with zero attached hydrogens (tertiary/aromatic N) is 1. The highest BCUT2D eigenvalue weighted by atomic mass is 16.5. The number of aliphatic carboxylic acids is 1. The van der Waals surface area contributed by atoms with Crippen molar-refractivity contribution in [2.45, 2.75) is 31.7 Å². The second-order valence-electron chi connectivity index (χ2n) is 4.44. The molecule has 0 aromatic heterocycles. The topological polar surface area (TPSA) is 66.8 Å². The predicted octanol–water partition coefficient (Wildman–Crippen LogP) is 0.489. The number of hydrogen-bond acceptors (Lipinski definition) is 3. The predicted molar refractivity (Wildman–Crippen MR) is 55.9 cm³/mol. The smallest absolute Gasteiger partial charge is 0.326 e. The lowest BCUT2D eigenvalue weighted by Crippen LogP contribution is -2.45. The summed E-state index contributed by atoms with van der Waals surface area (Å²) in [4.78, 5) is 24.6. The maximum absolute atomic E-state index is 12.1. The van der Waals surface area contributed by atoms with Crippen LogP contribution in [0.5, 0.6) is 0 Å². The lowest BCUT2D eigenvalue weighted by atomic mass is 10.0. The molecule has 1 unspecified atom stereocenters. The van der Waals surface area contributed by atoms with Gasteiger partial charge in [0.2, 0.25) is 5.91 Å². The van der Waals surface area contributed by atoms with Crippen LogP contribution in [0.4, 0.5) is 0 Å². The molecule has 0 radical (unpaired) electrons. The summed E-state index contributed by atoms with van der Waals surface area (Å²) >= 11 is 0. The minimum absolute atomic E-state index is 0.0374. The summed E-state index contributed by atoms with van der Waals surface area (Å²) in [6.07, 6.45) is 3.08. The van der Waals surface area contributed by atoms with Gasteiger partial charge in [-0.2, -0.15) is 0 Å². The second-order valence-corrected chi connectivity index (χ2v) is 4.44. The Kier molecular flexibility index (Phi) is 3.43. The van der Waals surface area contributed by atoms with E-state index in [-0.39, 0.29) is 11.8 Å². The number of likely N-dealkylation sites (tertiary alicyclic amines) is 1. The molecule has 2 heterocycles. The zero-order valence-electron chi connectivity index (χ0n) is 9.22. The maximum Gasteiger partial charge on any atom is 0.326 e. The molecule has 0 aliphatic carbocycles. The molecular formula is C11H17NO4. The van der Waals surface area contributed by atoms with Crippen LogP contribution in [0.2, 0.25) is 0 Å². The Morgan fingerprint density at radius 3 is 2.69 bits per heavy atom. The Bertz CT molecular complexity index is 286. The van der Waals surface area contributed by atoms with Crippen LogP contribution in [0.3, 0.4) is 0 Å². The lowest BCUT2D eigenvalue weighted by molar-refractivity contribution is -0.151. The molecular weight excluding hydrogens is 210 g/mol. The molecule has 0 aromatic carbocycles. The normalized spacial score (nSPS) is 30.4. The van der Waals surface area contributed by atoms with E-state index < -0.39 is 12.0 Å². The molecule has 2 saturated heterocycles. The number of carbonyl (C=O) groups is 2. The Hall–Kier alpha value is -1.10. The van der Waals surface area contributed by atoms with Crippen molar-refractivity contribution in [3.63, 3.8) is 0 Å². The molecule has 0 spiro atoms. The van der Waals surface area contributed by atoms with Gasteiger partial charge in [-0.1, -0.05) is 0 Å². The van der Waals surface area contributed by atoms with E-state index in [1.54, 1.807) is 0 Å². The van der Waals surface area contributed by atoms with E-state index in [2.05, 4.69) is 0 Å². The number of carbonyl (C=O) groups excluding carboxylic acids is 1. The Balaban J connectivity index is 1.99. The van der Waals surface area contributed by atoms with Crippen molar-refractivity contribution in [3.8, 4) is 0 Å². The summed E-state index contributed by atoms with van der Waals surface area (Å²) in [5.41, 5.74) is 0. The molecule has 90 valence electrons. The standard InChI is InChI=1S/C11H17NO4/c13-10(8-3-2-6-16-7-8)12-5-1-4-9(12)11(14)15/h8-9H,1-7H2,(H,14,15)/t8?,9-/m0/s1. The molecule has 2 aliphatic rings. The first-order chi connectivity index (χ1) is 7.70. The van der Waals surface area contributed by atoms with E-state index in [0.717, 1.165) is 19.3 Å². The van der Waals surface area contributed by atoms with Gasteiger partial charge in [0, 0.05) is 13.2 Å². The summed E-state index contributed by atoms with van der Waals surface area (Å²) in [6.45, 7) is 1.74. The van der Waals surface area contributed by atoms with Crippen molar-refractivity contribution in [2.75, 3.05) is 19.8 Å². The number of rotatable bonds is 2. The van der Waals surface area contributed by atoms with Gasteiger partial charge in [-0.15, -0.1) is 0 Å². The van der Waals surface area contributed by atoms with Gasteiger partial charge in [0.15, 0.2) is 0 Å². The van der Waals surface area contributed by atoms with Crippen molar-refractivity contribution in [1.29, 1.82) is 0 Å². The third-order valence-electron chi connectivity index (χ3n) is 3.33. The lowest BCUT2D eigenvalue weighted by Gasteiger charge is -2.28. The third-order valence-corrected chi connectivity index (χ3v) is 3.33. The molecule has 2 aliphatic heterocycles. The fourth-order valence-corrected chi connectivity index (χ4v) is 2.46. The zero-order valence-corrected chi connectivity index (χ0v) is 9.22. The number of amides is 1. The molecule has 0 bridgehead atoms. The average Bonchev–Trinajstić information content (AvgIpc) is 2.78. The number of carboxylic acid groups (broad SMARTS) is 1.